The van der Waals surface area contributed by atoms with Crippen LogP contribution in [0.15, 0.2) is 65.7 Å². The van der Waals surface area contributed by atoms with Crippen LogP contribution >= 0.6 is 0 Å². The Morgan fingerprint density at radius 3 is 2.52 bits per heavy atom. The molecule has 0 spiro atoms. The molecular formula is C22H22N2O. The first-order valence-corrected chi connectivity index (χ1v) is 8.96. The highest BCUT2D eigenvalue weighted by molar-refractivity contribution is 6.18. The third-order valence-electron chi connectivity index (χ3n) is 4.51. The van der Waals surface area contributed by atoms with Crippen molar-refractivity contribution in [1.82, 2.24) is 0 Å². The zero-order valence-corrected chi connectivity index (χ0v) is 14.5. The standard InChI is InChI=1S/C22H22N2O/c1-2-3-4-15-25-18-13-11-17(12-14-18)22-23-19-9-5-7-16-8-6-10-20(24-22)21(16)19/h5-14H,2-4,15H2,1H3,(H,23,24). The molecule has 3 heteroatoms. The summed E-state index contributed by atoms with van der Waals surface area (Å²) in [7, 11) is 0. The molecule has 3 aromatic carbocycles. The van der Waals surface area contributed by atoms with Gasteiger partial charge in [0.1, 0.15) is 11.6 Å². The van der Waals surface area contributed by atoms with Crippen LogP contribution in [0.4, 0.5) is 11.4 Å². The summed E-state index contributed by atoms with van der Waals surface area (Å²) < 4.78 is 5.79. The molecule has 0 radical (unpaired) electrons. The normalized spacial score (nSPS) is 12.6. The molecule has 0 amide bonds. The van der Waals surface area contributed by atoms with Crippen molar-refractivity contribution in [2.45, 2.75) is 26.2 Å². The minimum atomic E-state index is 0.780. The molecule has 0 saturated heterocycles. The lowest BCUT2D eigenvalue weighted by atomic mass is 10.0. The summed E-state index contributed by atoms with van der Waals surface area (Å²) in [6.07, 6.45) is 3.53. The van der Waals surface area contributed by atoms with Gasteiger partial charge < -0.3 is 10.1 Å². The van der Waals surface area contributed by atoms with E-state index in [2.05, 4.69) is 60.8 Å². The predicted molar refractivity (Wildman–Crippen MR) is 105 cm³/mol. The highest BCUT2D eigenvalue weighted by atomic mass is 16.5. The molecule has 0 atom stereocenters. The zero-order chi connectivity index (χ0) is 17.1. The Morgan fingerprint density at radius 1 is 0.920 bits per heavy atom. The number of aliphatic imine (C=N–C) groups is 1. The van der Waals surface area contributed by atoms with E-state index in [9.17, 15) is 0 Å². The first-order valence-electron chi connectivity index (χ1n) is 8.96. The molecule has 1 aliphatic heterocycles. The van der Waals surface area contributed by atoms with Gasteiger partial charge in [-0.1, -0.05) is 44.0 Å². The van der Waals surface area contributed by atoms with E-state index in [1.807, 2.05) is 12.1 Å². The lowest BCUT2D eigenvalue weighted by Gasteiger charge is -2.19. The van der Waals surface area contributed by atoms with Gasteiger partial charge in [-0.05, 0) is 48.2 Å². The van der Waals surface area contributed by atoms with E-state index >= 15 is 0 Å². The summed E-state index contributed by atoms with van der Waals surface area (Å²) >= 11 is 0. The molecular weight excluding hydrogens is 308 g/mol. The lowest BCUT2D eigenvalue weighted by molar-refractivity contribution is 0.306. The van der Waals surface area contributed by atoms with Gasteiger partial charge in [-0.3, -0.25) is 0 Å². The summed E-state index contributed by atoms with van der Waals surface area (Å²) in [5.74, 6) is 1.79. The van der Waals surface area contributed by atoms with Crippen LogP contribution < -0.4 is 10.1 Å². The van der Waals surface area contributed by atoms with E-state index < -0.39 is 0 Å². The van der Waals surface area contributed by atoms with Gasteiger partial charge in [0.2, 0.25) is 0 Å². The van der Waals surface area contributed by atoms with Gasteiger partial charge in [0, 0.05) is 16.6 Å². The molecule has 0 bridgehead atoms. The van der Waals surface area contributed by atoms with Crippen molar-refractivity contribution in [3.63, 3.8) is 0 Å². The maximum Gasteiger partial charge on any atom is 0.138 e. The molecule has 0 saturated carbocycles. The van der Waals surface area contributed by atoms with E-state index in [4.69, 9.17) is 9.73 Å². The topological polar surface area (TPSA) is 33.6 Å². The number of ether oxygens (including phenoxy) is 1. The van der Waals surface area contributed by atoms with Gasteiger partial charge in [-0.25, -0.2) is 4.99 Å². The molecule has 1 N–H and O–H groups in total. The van der Waals surface area contributed by atoms with Crippen molar-refractivity contribution in [3.05, 3.63) is 66.2 Å². The number of anilines is 1. The van der Waals surface area contributed by atoms with E-state index in [1.165, 1.54) is 23.6 Å². The van der Waals surface area contributed by atoms with Crippen molar-refractivity contribution in [2.75, 3.05) is 11.9 Å². The largest absolute Gasteiger partial charge is 0.494 e. The average Bonchev–Trinajstić information content (AvgIpc) is 2.66. The molecule has 1 heterocycles. The van der Waals surface area contributed by atoms with Crippen LogP contribution in [-0.4, -0.2) is 12.4 Å². The number of nitrogens with one attached hydrogen (secondary N) is 1. The molecule has 4 rings (SSSR count). The minimum Gasteiger partial charge on any atom is -0.494 e. The van der Waals surface area contributed by atoms with Crippen molar-refractivity contribution in [3.8, 4) is 5.75 Å². The summed E-state index contributed by atoms with van der Waals surface area (Å²) in [6.45, 7) is 2.98. The summed E-state index contributed by atoms with van der Waals surface area (Å²) in [5.41, 5.74) is 3.19. The first-order chi connectivity index (χ1) is 12.3. The van der Waals surface area contributed by atoms with Gasteiger partial charge in [-0.2, -0.15) is 0 Å². The fraction of sp³-hybridized carbons (Fsp3) is 0.227. The van der Waals surface area contributed by atoms with Crippen LogP contribution in [0.5, 0.6) is 5.75 Å². The SMILES string of the molecule is CCCCCOc1ccc(C2=Nc3cccc4cccc(c34)N2)cc1. The van der Waals surface area contributed by atoms with Gasteiger partial charge in [0.25, 0.3) is 0 Å². The maximum absolute atomic E-state index is 5.79. The summed E-state index contributed by atoms with van der Waals surface area (Å²) in [4.78, 5) is 4.81. The fourth-order valence-corrected chi connectivity index (χ4v) is 3.18. The van der Waals surface area contributed by atoms with Crippen LogP contribution in [0.25, 0.3) is 10.8 Å². The molecule has 3 aromatic rings. The maximum atomic E-state index is 5.79. The van der Waals surface area contributed by atoms with Gasteiger partial charge in [0.15, 0.2) is 0 Å². The van der Waals surface area contributed by atoms with Crippen LogP contribution in [-0.2, 0) is 0 Å². The third-order valence-corrected chi connectivity index (χ3v) is 4.51. The quantitative estimate of drug-likeness (QED) is 0.570. The predicted octanol–water partition coefficient (Wildman–Crippen LogP) is 5.91. The van der Waals surface area contributed by atoms with Crippen LogP contribution in [0.1, 0.15) is 31.7 Å². The molecule has 3 nitrogen and oxygen atoms in total. The smallest absolute Gasteiger partial charge is 0.138 e. The van der Waals surface area contributed by atoms with Gasteiger partial charge in [0.05, 0.1) is 12.3 Å². The zero-order valence-electron chi connectivity index (χ0n) is 14.5. The Bertz CT molecular complexity index is 908. The number of benzene rings is 3. The summed E-state index contributed by atoms with van der Waals surface area (Å²) in [6, 6.07) is 20.7. The summed E-state index contributed by atoms with van der Waals surface area (Å²) in [5, 5.41) is 5.86. The monoisotopic (exact) mass is 330 g/mol. The van der Waals surface area contributed by atoms with Crippen LogP contribution in [0, 0.1) is 0 Å². The van der Waals surface area contributed by atoms with Crippen molar-refractivity contribution < 1.29 is 4.74 Å². The molecule has 25 heavy (non-hydrogen) atoms. The number of rotatable bonds is 6. The highest BCUT2D eigenvalue weighted by Gasteiger charge is 2.15. The first kappa shape index (κ1) is 15.7. The van der Waals surface area contributed by atoms with E-state index in [-0.39, 0.29) is 0 Å². The Morgan fingerprint density at radius 2 is 1.72 bits per heavy atom. The number of hydrogen-bond donors (Lipinski definition) is 1. The molecule has 0 aromatic heterocycles. The molecule has 0 fully saturated rings. The minimum absolute atomic E-state index is 0.780. The second-order valence-corrected chi connectivity index (χ2v) is 6.35. The van der Waals surface area contributed by atoms with Crippen molar-refractivity contribution in [1.29, 1.82) is 0 Å². The number of nitrogens with zero attached hydrogens (tertiary/aromatic N) is 1. The van der Waals surface area contributed by atoms with E-state index in [1.54, 1.807) is 0 Å². The van der Waals surface area contributed by atoms with Gasteiger partial charge >= 0.3 is 0 Å². The second kappa shape index (κ2) is 6.98. The lowest BCUT2D eigenvalue weighted by Crippen LogP contribution is -2.16. The third kappa shape index (κ3) is 3.22. The Balaban J connectivity index is 1.56. The number of amidine groups is 1. The van der Waals surface area contributed by atoms with E-state index in [0.29, 0.717) is 0 Å². The Labute approximate surface area is 148 Å². The fourth-order valence-electron chi connectivity index (χ4n) is 3.18. The number of hydrogen-bond acceptors (Lipinski definition) is 3. The van der Waals surface area contributed by atoms with Crippen LogP contribution in [0.3, 0.4) is 0 Å². The number of unbranched alkanes of at least 4 members (excludes halogenated alkanes) is 2. The van der Waals surface area contributed by atoms with Crippen molar-refractivity contribution >= 4 is 28.0 Å². The Hall–Kier alpha value is -2.81. The van der Waals surface area contributed by atoms with E-state index in [0.717, 1.165) is 41.6 Å². The Kier molecular flexibility index (Phi) is 4.38. The van der Waals surface area contributed by atoms with Crippen LogP contribution in [0.2, 0.25) is 0 Å². The average molecular weight is 330 g/mol. The molecule has 126 valence electrons. The molecule has 1 aliphatic rings. The molecule has 0 unspecified atom stereocenters. The molecule has 0 aliphatic carbocycles. The highest BCUT2D eigenvalue weighted by Crippen LogP contribution is 2.36. The second-order valence-electron chi connectivity index (χ2n) is 6.35. The van der Waals surface area contributed by atoms with Gasteiger partial charge in [-0.15, -0.1) is 0 Å². The van der Waals surface area contributed by atoms with Crippen molar-refractivity contribution in [2.24, 2.45) is 4.99 Å².